The first-order chi connectivity index (χ1) is 12.9. The van der Waals surface area contributed by atoms with Crippen molar-refractivity contribution in [1.29, 1.82) is 0 Å². The van der Waals surface area contributed by atoms with Crippen LogP contribution in [-0.2, 0) is 6.61 Å². The van der Waals surface area contributed by atoms with Crippen LogP contribution in [0.25, 0.3) is 0 Å². The number of benzene rings is 2. The van der Waals surface area contributed by atoms with E-state index < -0.39 is 0 Å². The van der Waals surface area contributed by atoms with Gasteiger partial charge in [-0.25, -0.2) is 0 Å². The van der Waals surface area contributed by atoms with Gasteiger partial charge in [-0.15, -0.1) is 0 Å². The largest absolute Gasteiger partial charge is 0.488 e. The Kier molecular flexibility index (Phi) is 5.31. The first-order valence-corrected chi connectivity index (χ1v) is 8.89. The van der Waals surface area contributed by atoms with E-state index >= 15 is 0 Å². The van der Waals surface area contributed by atoms with Crippen molar-refractivity contribution < 1.29 is 14.1 Å². The normalized spacial score (nSPS) is 10.7. The van der Waals surface area contributed by atoms with Gasteiger partial charge in [0.15, 0.2) is 0 Å². The highest BCUT2D eigenvalue weighted by Crippen LogP contribution is 2.24. The van der Waals surface area contributed by atoms with Gasteiger partial charge in [-0.05, 0) is 75.6 Å². The molecule has 5 heteroatoms. The molecule has 140 valence electrons. The van der Waals surface area contributed by atoms with Gasteiger partial charge in [0, 0.05) is 11.3 Å². The average molecular weight is 364 g/mol. The molecule has 0 saturated heterocycles. The molecule has 1 aromatic heterocycles. The number of hydrogen-bond acceptors (Lipinski definition) is 4. The number of amides is 1. The summed E-state index contributed by atoms with van der Waals surface area (Å²) < 4.78 is 11.1. The van der Waals surface area contributed by atoms with E-state index in [-0.39, 0.29) is 5.91 Å². The van der Waals surface area contributed by atoms with Gasteiger partial charge in [0.25, 0.3) is 5.91 Å². The lowest BCUT2D eigenvalue weighted by Crippen LogP contribution is -2.13. The number of carbonyl (C=O) groups excluding carboxylic acids is 1. The standard InChI is InChI=1S/C22H24N2O3/c1-13-7-6-8-20(15(13)3)23-22(25)18-9-10-21(14(2)11-18)26-12-19-16(4)24-27-17(19)5/h6-11H,12H2,1-5H3,(H,23,25). The van der Waals surface area contributed by atoms with Gasteiger partial charge in [0.05, 0.1) is 11.3 Å². The number of anilines is 1. The van der Waals surface area contributed by atoms with Crippen LogP contribution in [0.2, 0.25) is 0 Å². The van der Waals surface area contributed by atoms with E-state index in [1.807, 2.05) is 65.0 Å². The summed E-state index contributed by atoms with van der Waals surface area (Å²) in [6.07, 6.45) is 0. The predicted molar refractivity (Wildman–Crippen MR) is 105 cm³/mol. The van der Waals surface area contributed by atoms with Crippen LogP contribution >= 0.6 is 0 Å². The third-order valence-corrected chi connectivity index (χ3v) is 4.84. The molecular formula is C22H24N2O3. The monoisotopic (exact) mass is 364 g/mol. The molecule has 0 aliphatic heterocycles. The summed E-state index contributed by atoms with van der Waals surface area (Å²) in [7, 11) is 0. The number of carbonyl (C=O) groups is 1. The van der Waals surface area contributed by atoms with Crippen LogP contribution in [0.15, 0.2) is 40.9 Å². The van der Waals surface area contributed by atoms with E-state index in [1.54, 1.807) is 6.07 Å². The SMILES string of the molecule is Cc1cc(C(=O)Nc2cccc(C)c2C)ccc1OCc1c(C)noc1C. The first-order valence-electron chi connectivity index (χ1n) is 8.89. The maximum atomic E-state index is 12.6. The van der Waals surface area contributed by atoms with E-state index in [0.717, 1.165) is 45.1 Å². The van der Waals surface area contributed by atoms with Crippen molar-refractivity contribution in [2.75, 3.05) is 5.32 Å². The summed E-state index contributed by atoms with van der Waals surface area (Å²) in [6.45, 7) is 10.1. The molecule has 0 spiro atoms. The van der Waals surface area contributed by atoms with Crippen molar-refractivity contribution in [3.8, 4) is 5.75 Å². The van der Waals surface area contributed by atoms with Crippen molar-refractivity contribution in [2.45, 2.75) is 41.2 Å². The molecule has 0 unspecified atom stereocenters. The van der Waals surface area contributed by atoms with Gasteiger partial charge in [-0.1, -0.05) is 17.3 Å². The minimum Gasteiger partial charge on any atom is -0.488 e. The minimum atomic E-state index is -0.135. The molecular weight excluding hydrogens is 340 g/mol. The number of ether oxygens (including phenoxy) is 1. The lowest BCUT2D eigenvalue weighted by atomic mass is 10.1. The zero-order valence-electron chi connectivity index (χ0n) is 16.3. The summed E-state index contributed by atoms with van der Waals surface area (Å²) in [5.41, 5.74) is 6.32. The number of rotatable bonds is 5. The number of aryl methyl sites for hydroxylation is 4. The number of hydrogen-bond donors (Lipinski definition) is 1. The molecule has 0 radical (unpaired) electrons. The van der Waals surface area contributed by atoms with Crippen molar-refractivity contribution in [3.63, 3.8) is 0 Å². The van der Waals surface area contributed by atoms with Crippen molar-refractivity contribution in [3.05, 3.63) is 75.7 Å². The summed E-state index contributed by atoms with van der Waals surface area (Å²) in [5, 5.41) is 6.92. The molecule has 3 rings (SSSR count). The molecule has 1 amide bonds. The van der Waals surface area contributed by atoms with Crippen LogP contribution in [0.4, 0.5) is 5.69 Å². The molecule has 0 saturated carbocycles. The number of aromatic nitrogens is 1. The second-order valence-electron chi connectivity index (χ2n) is 6.77. The Balaban J connectivity index is 1.72. The van der Waals surface area contributed by atoms with E-state index in [1.165, 1.54) is 0 Å². The topological polar surface area (TPSA) is 64.4 Å². The molecule has 27 heavy (non-hydrogen) atoms. The Labute approximate surface area is 159 Å². The second kappa shape index (κ2) is 7.66. The van der Waals surface area contributed by atoms with Crippen LogP contribution in [0.1, 0.15) is 44.1 Å². The fraction of sp³-hybridized carbons (Fsp3) is 0.273. The highest BCUT2D eigenvalue weighted by atomic mass is 16.5. The first kappa shape index (κ1) is 18.7. The van der Waals surface area contributed by atoms with Crippen LogP contribution in [-0.4, -0.2) is 11.1 Å². The van der Waals surface area contributed by atoms with Gasteiger partial charge < -0.3 is 14.6 Å². The lowest BCUT2D eigenvalue weighted by molar-refractivity contribution is 0.102. The second-order valence-corrected chi connectivity index (χ2v) is 6.77. The highest BCUT2D eigenvalue weighted by Gasteiger charge is 2.13. The van der Waals surface area contributed by atoms with Gasteiger partial charge in [-0.2, -0.15) is 0 Å². The Morgan fingerprint density at radius 3 is 2.52 bits per heavy atom. The van der Waals surface area contributed by atoms with E-state index in [0.29, 0.717) is 12.2 Å². The van der Waals surface area contributed by atoms with E-state index in [9.17, 15) is 4.79 Å². The summed E-state index contributed by atoms with van der Waals surface area (Å²) >= 11 is 0. The van der Waals surface area contributed by atoms with E-state index in [4.69, 9.17) is 9.26 Å². The molecule has 1 heterocycles. The predicted octanol–water partition coefficient (Wildman–Crippen LogP) is 5.05. The van der Waals surface area contributed by atoms with Crippen LogP contribution in [0, 0.1) is 34.6 Å². The van der Waals surface area contributed by atoms with Crippen molar-refractivity contribution in [2.24, 2.45) is 0 Å². The quantitative estimate of drug-likeness (QED) is 0.688. The lowest BCUT2D eigenvalue weighted by Gasteiger charge is -2.12. The van der Waals surface area contributed by atoms with Crippen LogP contribution in [0.5, 0.6) is 5.75 Å². The fourth-order valence-electron chi connectivity index (χ4n) is 2.89. The number of nitrogens with one attached hydrogen (secondary N) is 1. The third kappa shape index (κ3) is 4.03. The summed E-state index contributed by atoms with van der Waals surface area (Å²) in [5.74, 6) is 1.36. The van der Waals surface area contributed by atoms with Gasteiger partial charge in [-0.3, -0.25) is 4.79 Å². The molecule has 0 aliphatic carbocycles. The van der Waals surface area contributed by atoms with Gasteiger partial charge in [0.1, 0.15) is 18.1 Å². The molecule has 1 N–H and O–H groups in total. The van der Waals surface area contributed by atoms with Gasteiger partial charge in [0.2, 0.25) is 0 Å². The Hall–Kier alpha value is -3.08. The molecule has 0 bridgehead atoms. The zero-order chi connectivity index (χ0) is 19.6. The van der Waals surface area contributed by atoms with Crippen LogP contribution < -0.4 is 10.1 Å². The molecule has 5 nitrogen and oxygen atoms in total. The molecule has 3 aromatic rings. The fourth-order valence-corrected chi connectivity index (χ4v) is 2.89. The van der Waals surface area contributed by atoms with E-state index in [2.05, 4.69) is 10.5 Å². The third-order valence-electron chi connectivity index (χ3n) is 4.84. The smallest absolute Gasteiger partial charge is 0.255 e. The Morgan fingerprint density at radius 1 is 1.07 bits per heavy atom. The maximum Gasteiger partial charge on any atom is 0.255 e. The van der Waals surface area contributed by atoms with Gasteiger partial charge >= 0.3 is 0 Å². The van der Waals surface area contributed by atoms with Crippen molar-refractivity contribution in [1.82, 2.24) is 5.16 Å². The number of nitrogens with zero attached hydrogens (tertiary/aromatic N) is 1. The molecule has 0 atom stereocenters. The molecule has 2 aromatic carbocycles. The zero-order valence-corrected chi connectivity index (χ0v) is 16.3. The maximum absolute atomic E-state index is 12.6. The van der Waals surface area contributed by atoms with Crippen molar-refractivity contribution >= 4 is 11.6 Å². The Morgan fingerprint density at radius 2 is 1.85 bits per heavy atom. The molecule has 0 fully saturated rings. The molecule has 0 aliphatic rings. The summed E-state index contributed by atoms with van der Waals surface area (Å²) in [6, 6.07) is 11.3. The minimum absolute atomic E-state index is 0.135. The van der Waals surface area contributed by atoms with Crippen LogP contribution in [0.3, 0.4) is 0 Å². The summed E-state index contributed by atoms with van der Waals surface area (Å²) in [4.78, 5) is 12.6. The highest BCUT2D eigenvalue weighted by molar-refractivity contribution is 6.04. The Bertz CT molecular complexity index is 970. The average Bonchev–Trinajstić information content (AvgIpc) is 2.96.